The number of ether oxygens (including phenoxy) is 1. The first-order valence-electron chi connectivity index (χ1n) is 14.1. The highest BCUT2D eigenvalue weighted by molar-refractivity contribution is 8.00. The molecule has 4 rings (SSSR count). The van der Waals surface area contributed by atoms with E-state index in [1.165, 1.54) is 11.8 Å². The zero-order valence-electron chi connectivity index (χ0n) is 24.4. The van der Waals surface area contributed by atoms with Gasteiger partial charge in [-0.25, -0.2) is 0 Å². The number of hydrogen-bond donors (Lipinski definition) is 3. The van der Waals surface area contributed by atoms with Gasteiger partial charge in [0.2, 0.25) is 5.91 Å². The molecule has 3 amide bonds. The average Bonchev–Trinajstić information content (AvgIpc) is 3.02. The smallest absolute Gasteiger partial charge is 0.272 e. The van der Waals surface area contributed by atoms with Gasteiger partial charge in [-0.15, -0.1) is 11.8 Å². The lowest BCUT2D eigenvalue weighted by molar-refractivity contribution is -0.116. The molecule has 43 heavy (non-hydrogen) atoms. The predicted octanol–water partition coefficient (Wildman–Crippen LogP) is 7.31. The summed E-state index contributed by atoms with van der Waals surface area (Å²) in [5.41, 5.74) is 3.50. The monoisotopic (exact) mass is 593 g/mol. The van der Waals surface area contributed by atoms with E-state index in [9.17, 15) is 14.4 Å². The molecule has 7 nitrogen and oxygen atoms in total. The number of nitrogens with one attached hydrogen (secondary N) is 3. The highest BCUT2D eigenvalue weighted by Gasteiger charge is 2.20. The van der Waals surface area contributed by atoms with Crippen molar-refractivity contribution in [2.45, 2.75) is 37.3 Å². The summed E-state index contributed by atoms with van der Waals surface area (Å²) < 4.78 is 5.64. The van der Waals surface area contributed by atoms with Crippen molar-refractivity contribution in [3.63, 3.8) is 0 Å². The summed E-state index contributed by atoms with van der Waals surface area (Å²) in [5, 5.41) is 8.30. The van der Waals surface area contributed by atoms with Crippen molar-refractivity contribution < 1.29 is 19.1 Å². The molecule has 8 heteroatoms. The van der Waals surface area contributed by atoms with E-state index in [-0.39, 0.29) is 22.8 Å². The predicted molar refractivity (Wildman–Crippen MR) is 174 cm³/mol. The van der Waals surface area contributed by atoms with Crippen LogP contribution in [0.5, 0.6) is 5.75 Å². The molecule has 0 bridgehead atoms. The lowest BCUT2D eigenvalue weighted by Crippen LogP contribution is -2.30. The van der Waals surface area contributed by atoms with Crippen molar-refractivity contribution in [2.24, 2.45) is 0 Å². The van der Waals surface area contributed by atoms with Gasteiger partial charge < -0.3 is 20.7 Å². The summed E-state index contributed by atoms with van der Waals surface area (Å²) in [5.74, 6) is -0.368. The van der Waals surface area contributed by atoms with Gasteiger partial charge in [-0.2, -0.15) is 0 Å². The number of carbonyl (C=O) groups excluding carboxylic acids is 3. The molecule has 1 unspecified atom stereocenters. The van der Waals surface area contributed by atoms with Crippen molar-refractivity contribution >= 4 is 46.9 Å². The van der Waals surface area contributed by atoms with Crippen molar-refractivity contribution in [3.8, 4) is 5.75 Å². The summed E-state index contributed by atoms with van der Waals surface area (Å²) in [7, 11) is 0. The van der Waals surface area contributed by atoms with Gasteiger partial charge in [-0.3, -0.25) is 14.4 Å². The van der Waals surface area contributed by atoms with Crippen LogP contribution in [0.25, 0.3) is 6.08 Å². The summed E-state index contributed by atoms with van der Waals surface area (Å²) in [6, 6.07) is 31.0. The van der Waals surface area contributed by atoms with Gasteiger partial charge in [0.05, 0.1) is 17.5 Å². The van der Waals surface area contributed by atoms with Gasteiger partial charge in [0.15, 0.2) is 0 Å². The third-order valence-corrected chi connectivity index (χ3v) is 7.85. The third kappa shape index (κ3) is 8.83. The fourth-order valence-electron chi connectivity index (χ4n) is 4.24. The Kier molecular flexibility index (Phi) is 11.2. The van der Waals surface area contributed by atoms with Gasteiger partial charge in [0.25, 0.3) is 11.8 Å². The van der Waals surface area contributed by atoms with Crippen LogP contribution in [0.4, 0.5) is 11.4 Å². The molecule has 4 aromatic rings. The van der Waals surface area contributed by atoms with Crippen LogP contribution < -0.4 is 20.7 Å². The molecular formula is C35H35N3O4S. The Morgan fingerprint density at radius 3 is 2.30 bits per heavy atom. The zero-order valence-corrected chi connectivity index (χ0v) is 25.2. The highest BCUT2D eigenvalue weighted by Crippen LogP contribution is 2.30. The number of benzene rings is 4. The van der Waals surface area contributed by atoms with Crippen LogP contribution in [0.3, 0.4) is 0 Å². The standard InChI is InChI=1S/C35H35N3O4S/c1-4-32(35(41)37-29-20-11-12-21-31(29)42-5-2)43-28-19-13-18-27(23-28)36-34(40)30(22-26-17-10-9-14-24(26)3)38-33(39)25-15-7-6-8-16-25/h6-23,32H,4-5H2,1-3H3,(H,36,40)(H,37,41)(H,38,39)/b30-22-. The van der Waals surface area contributed by atoms with E-state index in [1.807, 2.05) is 93.6 Å². The van der Waals surface area contributed by atoms with Gasteiger partial charge in [-0.1, -0.05) is 67.6 Å². The molecule has 220 valence electrons. The van der Waals surface area contributed by atoms with Crippen LogP contribution in [0, 0.1) is 6.92 Å². The first kappa shape index (κ1) is 31.1. The van der Waals surface area contributed by atoms with Crippen molar-refractivity contribution in [2.75, 3.05) is 17.2 Å². The molecule has 0 aliphatic carbocycles. The number of aryl methyl sites for hydroxylation is 1. The molecule has 0 aliphatic heterocycles. The molecule has 0 radical (unpaired) electrons. The average molecular weight is 594 g/mol. The summed E-state index contributed by atoms with van der Waals surface area (Å²) in [6.07, 6.45) is 2.26. The fourth-order valence-corrected chi connectivity index (χ4v) is 5.26. The van der Waals surface area contributed by atoms with Crippen molar-refractivity contribution in [3.05, 3.63) is 126 Å². The Labute approximate surface area is 256 Å². The molecule has 0 fully saturated rings. The van der Waals surface area contributed by atoms with Crippen molar-refractivity contribution in [1.82, 2.24) is 5.32 Å². The molecule has 3 N–H and O–H groups in total. The minimum Gasteiger partial charge on any atom is -0.492 e. The zero-order chi connectivity index (χ0) is 30.6. The second kappa shape index (κ2) is 15.4. The third-order valence-electron chi connectivity index (χ3n) is 6.50. The number of anilines is 2. The van der Waals surface area contributed by atoms with Crippen LogP contribution in [0.2, 0.25) is 0 Å². The number of rotatable bonds is 12. The van der Waals surface area contributed by atoms with E-state index in [0.717, 1.165) is 16.0 Å². The number of thioether (sulfide) groups is 1. The molecular weight excluding hydrogens is 558 g/mol. The van der Waals surface area contributed by atoms with Gasteiger partial charge in [0, 0.05) is 16.1 Å². The van der Waals surface area contributed by atoms with Crippen LogP contribution >= 0.6 is 11.8 Å². The summed E-state index contributed by atoms with van der Waals surface area (Å²) in [6.45, 7) is 6.29. The Hall–Kier alpha value is -4.82. The molecule has 0 saturated carbocycles. The molecule has 0 aromatic heterocycles. The molecule has 0 spiro atoms. The van der Waals surface area contributed by atoms with E-state index in [2.05, 4.69) is 16.0 Å². The Balaban J connectivity index is 1.50. The van der Waals surface area contributed by atoms with Gasteiger partial charge >= 0.3 is 0 Å². The lowest BCUT2D eigenvalue weighted by atomic mass is 10.1. The van der Waals surface area contributed by atoms with E-state index in [4.69, 9.17) is 4.74 Å². The summed E-state index contributed by atoms with van der Waals surface area (Å²) in [4.78, 5) is 40.5. The summed E-state index contributed by atoms with van der Waals surface area (Å²) >= 11 is 1.41. The van der Waals surface area contributed by atoms with E-state index < -0.39 is 5.91 Å². The van der Waals surface area contributed by atoms with E-state index >= 15 is 0 Å². The Morgan fingerprint density at radius 1 is 0.837 bits per heavy atom. The molecule has 4 aromatic carbocycles. The molecule has 0 aliphatic rings. The maximum atomic E-state index is 13.5. The number of hydrogen-bond acceptors (Lipinski definition) is 5. The second-order valence-corrected chi connectivity index (χ2v) is 10.9. The SMILES string of the molecule is CCOc1ccccc1NC(=O)C(CC)Sc1cccc(NC(=O)/C(=C/c2ccccc2C)NC(=O)c2ccccc2)c1. The number of para-hydroxylation sites is 2. The van der Waals surface area contributed by atoms with Crippen LogP contribution in [0.1, 0.15) is 41.8 Å². The fraction of sp³-hybridized carbons (Fsp3) is 0.171. The number of amides is 3. The lowest BCUT2D eigenvalue weighted by Gasteiger charge is -2.17. The maximum Gasteiger partial charge on any atom is 0.272 e. The Bertz CT molecular complexity index is 1600. The molecule has 0 heterocycles. The second-order valence-electron chi connectivity index (χ2n) is 9.65. The Morgan fingerprint density at radius 2 is 1.56 bits per heavy atom. The first-order valence-corrected chi connectivity index (χ1v) is 15.0. The van der Waals surface area contributed by atoms with Gasteiger partial charge in [-0.05, 0) is 79.9 Å². The molecule has 0 saturated heterocycles. The van der Waals surface area contributed by atoms with Crippen LogP contribution in [0.15, 0.2) is 114 Å². The highest BCUT2D eigenvalue weighted by atomic mass is 32.2. The number of carbonyl (C=O) groups is 3. The largest absolute Gasteiger partial charge is 0.492 e. The van der Waals surface area contributed by atoms with Crippen LogP contribution in [-0.2, 0) is 9.59 Å². The molecule has 1 atom stereocenters. The minimum absolute atomic E-state index is 0.111. The first-order chi connectivity index (χ1) is 20.9. The maximum absolute atomic E-state index is 13.5. The topological polar surface area (TPSA) is 96.5 Å². The van der Waals surface area contributed by atoms with Crippen LogP contribution in [-0.4, -0.2) is 29.6 Å². The van der Waals surface area contributed by atoms with E-state index in [0.29, 0.717) is 35.7 Å². The van der Waals surface area contributed by atoms with Crippen molar-refractivity contribution in [1.29, 1.82) is 0 Å². The van der Waals surface area contributed by atoms with Gasteiger partial charge in [0.1, 0.15) is 11.4 Å². The normalized spacial score (nSPS) is 11.7. The quantitative estimate of drug-likeness (QED) is 0.118. The van der Waals surface area contributed by atoms with E-state index in [1.54, 1.807) is 36.4 Å². The minimum atomic E-state index is -0.466.